The van der Waals surface area contributed by atoms with Gasteiger partial charge in [-0.05, 0) is 39.8 Å². The number of hydrogen-bond acceptors (Lipinski definition) is 12. The molecule has 0 aliphatic heterocycles. The second-order valence-corrected chi connectivity index (χ2v) is 12.5. The molecule has 244 valence electrons. The second kappa shape index (κ2) is 18.1. The van der Waals surface area contributed by atoms with E-state index >= 15 is 0 Å². The molecule has 0 saturated carbocycles. The molecule has 2 aromatic heterocycles. The number of allylic oxidation sites excluding steroid dienone is 2. The van der Waals surface area contributed by atoms with Crippen molar-refractivity contribution >= 4 is 57.5 Å². The highest BCUT2D eigenvalue weighted by Crippen LogP contribution is 2.43. The molecule has 0 aliphatic carbocycles. The summed E-state index contributed by atoms with van der Waals surface area (Å²) in [6.07, 6.45) is 1.37. The van der Waals surface area contributed by atoms with Gasteiger partial charge in [-0.2, -0.15) is 0 Å². The molecular weight excluding hydrogens is 617 g/mol. The van der Waals surface area contributed by atoms with E-state index in [1.165, 1.54) is 47.3 Å². The van der Waals surface area contributed by atoms with Crippen LogP contribution in [0.4, 0.5) is 11.6 Å². The molecule has 2 rings (SSSR count). The molecule has 0 radical (unpaired) electrons. The van der Waals surface area contributed by atoms with Gasteiger partial charge in [-0.1, -0.05) is 33.7 Å². The molecule has 0 aromatic carbocycles. The van der Waals surface area contributed by atoms with Crippen molar-refractivity contribution in [2.24, 2.45) is 0 Å². The summed E-state index contributed by atoms with van der Waals surface area (Å²) in [6.45, 7) is 12.0. The third-order valence-corrected chi connectivity index (χ3v) is 9.58. The molecule has 2 amide bonds. The number of ether oxygens (including phenoxy) is 2. The van der Waals surface area contributed by atoms with Crippen molar-refractivity contribution in [3.05, 3.63) is 68.0 Å². The third kappa shape index (κ3) is 12.1. The van der Waals surface area contributed by atoms with Crippen LogP contribution in [-0.2, 0) is 41.7 Å². The Hall–Kier alpha value is -4.04. The van der Waals surface area contributed by atoms with Gasteiger partial charge in [-0.25, -0.2) is 9.97 Å². The number of anilines is 2. The van der Waals surface area contributed by atoms with Crippen LogP contribution in [0.1, 0.15) is 70.0 Å². The van der Waals surface area contributed by atoms with Crippen molar-refractivity contribution in [2.45, 2.75) is 74.4 Å². The number of carbonyl (C=O) groups excluding carboxylic acids is 4. The molecule has 0 aliphatic rings. The summed E-state index contributed by atoms with van der Waals surface area (Å²) in [5.41, 5.74) is 16.5. The van der Waals surface area contributed by atoms with Crippen LogP contribution in [0.3, 0.4) is 0 Å². The molecule has 0 saturated heterocycles. The summed E-state index contributed by atoms with van der Waals surface area (Å²) in [6, 6.07) is 7.32. The lowest BCUT2D eigenvalue weighted by molar-refractivity contribution is -0.141. The van der Waals surface area contributed by atoms with E-state index in [1.54, 1.807) is 11.8 Å². The maximum Gasteiger partial charge on any atom is 0.302 e. The molecule has 12 nitrogen and oxygen atoms in total. The Morgan fingerprint density at radius 1 is 0.756 bits per heavy atom. The number of rotatable bonds is 16. The van der Waals surface area contributed by atoms with Crippen LogP contribution in [0.2, 0.25) is 0 Å². The van der Waals surface area contributed by atoms with Gasteiger partial charge in [-0.3, -0.25) is 19.2 Å². The van der Waals surface area contributed by atoms with Gasteiger partial charge >= 0.3 is 11.9 Å². The van der Waals surface area contributed by atoms with Gasteiger partial charge in [0.25, 0.3) is 0 Å². The molecule has 0 spiro atoms. The number of esters is 2. The summed E-state index contributed by atoms with van der Waals surface area (Å²) in [5.74, 6) is -0.382. The Labute approximate surface area is 272 Å². The van der Waals surface area contributed by atoms with Crippen LogP contribution in [-0.4, -0.2) is 57.2 Å². The Balaban J connectivity index is 2.48. The molecular formula is C31H42N6O6S2. The molecule has 2 aromatic rings. The van der Waals surface area contributed by atoms with Crippen molar-refractivity contribution in [1.29, 1.82) is 0 Å². The molecule has 2 heterocycles. The fraction of sp³-hybridized carbons (Fsp3) is 0.419. The summed E-state index contributed by atoms with van der Waals surface area (Å²) < 4.78 is 10.4. The number of nitrogens with two attached hydrogens (primary N) is 2. The van der Waals surface area contributed by atoms with Crippen molar-refractivity contribution in [2.75, 3.05) is 24.7 Å². The lowest BCUT2D eigenvalue weighted by Crippen LogP contribution is -2.28. The van der Waals surface area contributed by atoms with E-state index in [1.807, 2.05) is 45.0 Å². The quantitative estimate of drug-likeness (QED) is 0.140. The molecule has 4 N–H and O–H groups in total. The normalized spacial score (nSPS) is 12.1. The maximum absolute atomic E-state index is 12.9. The first kappa shape index (κ1) is 37.1. The Morgan fingerprint density at radius 3 is 1.60 bits per heavy atom. The number of aryl methyl sites for hydroxylation is 2. The van der Waals surface area contributed by atoms with E-state index in [2.05, 4.69) is 9.97 Å². The zero-order valence-corrected chi connectivity index (χ0v) is 28.5. The number of hydrogen-bond donors (Lipinski definition) is 2. The average Bonchev–Trinajstić information content (AvgIpc) is 2.96. The van der Waals surface area contributed by atoms with Crippen molar-refractivity contribution < 1.29 is 28.7 Å². The van der Waals surface area contributed by atoms with Crippen LogP contribution < -0.4 is 11.5 Å². The molecule has 0 atom stereocenters. The fourth-order valence-electron chi connectivity index (χ4n) is 4.09. The molecule has 0 fully saturated rings. The van der Waals surface area contributed by atoms with Crippen molar-refractivity contribution in [3.8, 4) is 0 Å². The molecule has 45 heavy (non-hydrogen) atoms. The first-order valence-electron chi connectivity index (χ1n) is 14.2. The largest absolute Gasteiger partial charge is 0.466 e. The lowest BCUT2D eigenvalue weighted by Gasteiger charge is -2.26. The summed E-state index contributed by atoms with van der Waals surface area (Å²) in [4.78, 5) is 61.4. The second-order valence-electron chi connectivity index (χ2n) is 10.2. The summed E-state index contributed by atoms with van der Waals surface area (Å²) in [7, 11) is 2.73. The predicted octanol–water partition coefficient (Wildman–Crippen LogP) is 5.02. The van der Waals surface area contributed by atoms with E-state index in [4.69, 9.17) is 20.9 Å². The van der Waals surface area contributed by atoms with Gasteiger partial charge in [0.15, 0.2) is 0 Å². The van der Waals surface area contributed by atoms with E-state index in [0.717, 1.165) is 21.2 Å². The number of nitrogens with zero attached hydrogens (tertiary/aromatic N) is 4. The van der Waals surface area contributed by atoms with Gasteiger partial charge in [0.2, 0.25) is 12.3 Å². The van der Waals surface area contributed by atoms with Gasteiger partial charge in [-0.15, -0.1) is 0 Å². The van der Waals surface area contributed by atoms with Crippen molar-refractivity contribution in [3.63, 3.8) is 0 Å². The van der Waals surface area contributed by atoms with Gasteiger partial charge in [0, 0.05) is 77.3 Å². The van der Waals surface area contributed by atoms with E-state index in [0.29, 0.717) is 53.4 Å². The topological polar surface area (TPSA) is 171 Å². The first-order chi connectivity index (χ1) is 21.2. The monoisotopic (exact) mass is 658 g/mol. The zero-order valence-electron chi connectivity index (χ0n) is 26.8. The first-order valence-corrected chi connectivity index (χ1v) is 16.3. The predicted molar refractivity (Wildman–Crippen MR) is 178 cm³/mol. The summed E-state index contributed by atoms with van der Waals surface area (Å²) >= 11 is 0. The summed E-state index contributed by atoms with van der Waals surface area (Å²) in [5, 5.41) is 0. The number of aromatic nitrogens is 2. The van der Waals surface area contributed by atoms with E-state index in [9.17, 15) is 19.2 Å². The smallest absolute Gasteiger partial charge is 0.302 e. The van der Waals surface area contributed by atoms with Crippen LogP contribution in [0.5, 0.6) is 0 Å². The fourth-order valence-corrected chi connectivity index (χ4v) is 6.92. The van der Waals surface area contributed by atoms with Crippen LogP contribution in [0.25, 0.3) is 0 Å². The Morgan fingerprint density at radius 2 is 1.20 bits per heavy atom. The number of nitrogen functional groups attached to an aromatic ring is 2. The minimum Gasteiger partial charge on any atom is -0.466 e. The standard InChI is InChI=1S/C31H42N6O6S2/c1-19-8-10-26(30(32)34-19)16-36(18-38)21(3)28(12-14-42-24(6)40)44-45-29(13-15-43-25(7)41)22(4)37(23(5)39)17-27-11-9-20(2)35-31(27)33/h8-11,18H,12-17H2,1-7H3,(H2,32,34)(H2,33,35)/b28-21-,29-22-. The van der Waals surface area contributed by atoms with E-state index < -0.39 is 11.9 Å². The Kier molecular flexibility index (Phi) is 14.9. The maximum atomic E-state index is 12.9. The van der Waals surface area contributed by atoms with Gasteiger partial charge < -0.3 is 30.7 Å². The van der Waals surface area contributed by atoms with Gasteiger partial charge in [0.1, 0.15) is 11.6 Å². The Bertz CT molecular complexity index is 1460. The van der Waals surface area contributed by atoms with Gasteiger partial charge in [0.05, 0.1) is 26.3 Å². The third-order valence-electron chi connectivity index (χ3n) is 6.63. The zero-order chi connectivity index (χ0) is 33.7. The SMILES string of the molecule is CC(=O)OCC/C(SS/C(CCOC(C)=O)=C(/C)N(Cc1ccc(C)nc1N)C(C)=O)=C(\C)N(C=O)Cc1ccc(C)nc1N. The highest BCUT2D eigenvalue weighted by Gasteiger charge is 2.20. The van der Waals surface area contributed by atoms with Crippen LogP contribution >= 0.6 is 21.6 Å². The van der Waals surface area contributed by atoms with Crippen molar-refractivity contribution in [1.82, 2.24) is 19.8 Å². The van der Waals surface area contributed by atoms with E-state index in [-0.39, 0.29) is 32.2 Å². The number of carbonyl (C=O) groups is 4. The molecule has 0 unspecified atom stereocenters. The number of pyridine rings is 2. The van der Waals surface area contributed by atoms with Crippen LogP contribution in [0.15, 0.2) is 45.5 Å². The highest BCUT2D eigenvalue weighted by molar-refractivity contribution is 8.79. The minimum atomic E-state index is -0.421. The van der Waals surface area contributed by atoms with Crippen LogP contribution in [0, 0.1) is 13.8 Å². The molecule has 14 heteroatoms. The average molecular weight is 659 g/mol. The highest BCUT2D eigenvalue weighted by atomic mass is 33.1. The minimum absolute atomic E-state index is 0.0984. The number of amides is 2. The molecule has 0 bridgehead atoms. The lowest BCUT2D eigenvalue weighted by atomic mass is 10.2.